The van der Waals surface area contributed by atoms with Gasteiger partial charge in [0.2, 0.25) is 5.88 Å². The lowest BCUT2D eigenvalue weighted by Gasteiger charge is -2.35. The fourth-order valence-electron chi connectivity index (χ4n) is 3.04. The van der Waals surface area contributed by atoms with Gasteiger partial charge in [-0.1, -0.05) is 30.3 Å². The second-order valence-corrected chi connectivity index (χ2v) is 5.23. The van der Waals surface area contributed by atoms with Crippen LogP contribution < -0.4 is 4.74 Å². The van der Waals surface area contributed by atoms with E-state index in [0.717, 1.165) is 24.1 Å². The average molecular weight is 279 g/mol. The second kappa shape index (κ2) is 5.55. The molecule has 106 valence electrons. The highest BCUT2D eigenvalue weighted by atomic mass is 16.5. The van der Waals surface area contributed by atoms with E-state index in [0.29, 0.717) is 11.4 Å². The number of hydrogen-bond acceptors (Lipinski definition) is 4. The van der Waals surface area contributed by atoms with Gasteiger partial charge >= 0.3 is 0 Å². The molecule has 1 aliphatic heterocycles. The number of ether oxygens (including phenoxy) is 1. The fourth-order valence-corrected chi connectivity index (χ4v) is 3.04. The zero-order valence-corrected chi connectivity index (χ0v) is 12.2. The van der Waals surface area contributed by atoms with Gasteiger partial charge in [-0.25, -0.2) is 4.98 Å². The maximum absolute atomic E-state index is 9.44. The van der Waals surface area contributed by atoms with Crippen molar-refractivity contribution in [1.82, 2.24) is 9.88 Å². The topological polar surface area (TPSA) is 49.1 Å². The third kappa shape index (κ3) is 2.26. The largest absolute Gasteiger partial charge is 0.480 e. The summed E-state index contributed by atoms with van der Waals surface area (Å²) in [5.41, 5.74) is 3.96. The number of nitrogens with zero attached hydrogens (tertiary/aromatic N) is 3. The summed E-state index contributed by atoms with van der Waals surface area (Å²) < 4.78 is 5.22. The van der Waals surface area contributed by atoms with Gasteiger partial charge in [0.25, 0.3) is 0 Å². The Morgan fingerprint density at radius 3 is 2.76 bits per heavy atom. The Morgan fingerprint density at radius 2 is 2.10 bits per heavy atom. The standard InChI is InChI=1S/C17H17N3O/c1-20-9-8-13-14(10-18)17(21-2)19-11-15(13)16(20)12-6-4-3-5-7-12/h3-7,11,16H,8-9H2,1-2H3. The van der Waals surface area contributed by atoms with Crippen LogP contribution in [0.5, 0.6) is 5.88 Å². The number of fused-ring (bicyclic) bond motifs is 1. The van der Waals surface area contributed by atoms with Gasteiger partial charge in [-0.15, -0.1) is 0 Å². The summed E-state index contributed by atoms with van der Waals surface area (Å²) in [6.07, 6.45) is 2.69. The molecule has 3 rings (SSSR count). The van der Waals surface area contributed by atoms with Crippen LogP contribution in [0.4, 0.5) is 0 Å². The molecule has 1 aliphatic rings. The van der Waals surface area contributed by atoms with E-state index in [4.69, 9.17) is 4.74 Å². The molecule has 1 aromatic carbocycles. The molecule has 1 aromatic heterocycles. The lowest BCUT2D eigenvalue weighted by molar-refractivity contribution is 0.263. The zero-order valence-electron chi connectivity index (χ0n) is 12.2. The number of methoxy groups -OCH3 is 1. The van der Waals surface area contributed by atoms with Gasteiger partial charge in [0.1, 0.15) is 11.6 Å². The second-order valence-electron chi connectivity index (χ2n) is 5.23. The molecule has 0 saturated heterocycles. The van der Waals surface area contributed by atoms with E-state index in [1.54, 1.807) is 7.11 Å². The van der Waals surface area contributed by atoms with Crippen LogP contribution in [0.3, 0.4) is 0 Å². The Balaban J connectivity index is 2.17. The van der Waals surface area contributed by atoms with Gasteiger partial charge in [0, 0.05) is 12.7 Å². The molecule has 2 aromatic rings. The Labute approximate surface area is 124 Å². The summed E-state index contributed by atoms with van der Waals surface area (Å²) in [6.45, 7) is 0.911. The molecule has 0 spiro atoms. The Bertz CT molecular complexity index is 691. The summed E-state index contributed by atoms with van der Waals surface area (Å²) in [5.74, 6) is 0.424. The van der Waals surface area contributed by atoms with Crippen molar-refractivity contribution in [2.75, 3.05) is 20.7 Å². The lowest BCUT2D eigenvalue weighted by Crippen LogP contribution is -2.33. The number of hydrogen-bond donors (Lipinski definition) is 0. The molecule has 0 radical (unpaired) electrons. The van der Waals surface area contributed by atoms with Crippen LogP contribution in [-0.4, -0.2) is 30.6 Å². The number of aromatic nitrogens is 1. The van der Waals surface area contributed by atoms with E-state index in [9.17, 15) is 5.26 Å². The average Bonchev–Trinajstić information content (AvgIpc) is 2.54. The fraction of sp³-hybridized carbons (Fsp3) is 0.294. The lowest BCUT2D eigenvalue weighted by atomic mass is 9.88. The first-order valence-corrected chi connectivity index (χ1v) is 6.97. The molecular weight excluding hydrogens is 262 g/mol. The number of pyridine rings is 1. The van der Waals surface area contributed by atoms with E-state index in [1.807, 2.05) is 24.4 Å². The first-order chi connectivity index (χ1) is 10.3. The first kappa shape index (κ1) is 13.6. The summed E-state index contributed by atoms with van der Waals surface area (Å²) in [6, 6.07) is 12.7. The summed E-state index contributed by atoms with van der Waals surface area (Å²) in [4.78, 5) is 6.62. The van der Waals surface area contributed by atoms with Crippen molar-refractivity contribution < 1.29 is 4.74 Å². The van der Waals surface area contributed by atoms with Gasteiger partial charge in [-0.2, -0.15) is 5.26 Å². The number of rotatable bonds is 2. The van der Waals surface area contributed by atoms with Crippen molar-refractivity contribution >= 4 is 0 Å². The van der Waals surface area contributed by atoms with Crippen LogP contribution in [0.25, 0.3) is 0 Å². The summed E-state index contributed by atoms with van der Waals surface area (Å²) >= 11 is 0. The third-order valence-electron chi connectivity index (χ3n) is 4.06. The molecule has 1 unspecified atom stereocenters. The third-order valence-corrected chi connectivity index (χ3v) is 4.06. The van der Waals surface area contributed by atoms with Gasteiger partial charge < -0.3 is 4.74 Å². The molecule has 0 bridgehead atoms. The quantitative estimate of drug-likeness (QED) is 0.847. The number of benzene rings is 1. The predicted octanol–water partition coefficient (Wildman–Crippen LogP) is 2.54. The van der Waals surface area contributed by atoms with Crippen LogP contribution in [0.2, 0.25) is 0 Å². The van der Waals surface area contributed by atoms with Crippen molar-refractivity contribution in [3.05, 3.63) is 58.8 Å². The van der Waals surface area contributed by atoms with Gasteiger partial charge in [0.05, 0.1) is 13.2 Å². The highest BCUT2D eigenvalue weighted by Gasteiger charge is 2.29. The minimum atomic E-state index is 0.139. The van der Waals surface area contributed by atoms with Crippen molar-refractivity contribution in [3.63, 3.8) is 0 Å². The van der Waals surface area contributed by atoms with Gasteiger partial charge in [-0.05, 0) is 30.2 Å². The highest BCUT2D eigenvalue weighted by molar-refractivity contribution is 5.52. The monoisotopic (exact) mass is 279 g/mol. The Kier molecular flexibility index (Phi) is 3.59. The van der Waals surface area contributed by atoms with E-state index in [2.05, 4.69) is 35.1 Å². The molecule has 0 N–H and O–H groups in total. The van der Waals surface area contributed by atoms with Gasteiger partial charge in [0.15, 0.2) is 0 Å². The molecule has 2 heterocycles. The number of likely N-dealkylation sites (N-methyl/N-ethyl adjacent to an activating group) is 1. The van der Waals surface area contributed by atoms with Crippen LogP contribution in [-0.2, 0) is 6.42 Å². The van der Waals surface area contributed by atoms with Crippen molar-refractivity contribution in [3.8, 4) is 11.9 Å². The minimum absolute atomic E-state index is 0.139. The molecule has 1 atom stereocenters. The van der Waals surface area contributed by atoms with Gasteiger partial charge in [-0.3, -0.25) is 4.90 Å². The van der Waals surface area contributed by atoms with Crippen LogP contribution in [0, 0.1) is 11.3 Å². The Hall–Kier alpha value is -2.38. The molecule has 0 saturated carbocycles. The van der Waals surface area contributed by atoms with Crippen LogP contribution >= 0.6 is 0 Å². The van der Waals surface area contributed by atoms with E-state index in [1.165, 1.54) is 5.56 Å². The molecule has 0 amide bonds. The molecule has 4 heteroatoms. The van der Waals surface area contributed by atoms with Crippen LogP contribution in [0.15, 0.2) is 36.5 Å². The van der Waals surface area contributed by atoms with Crippen molar-refractivity contribution in [2.24, 2.45) is 0 Å². The van der Waals surface area contributed by atoms with Crippen molar-refractivity contribution in [1.29, 1.82) is 5.26 Å². The van der Waals surface area contributed by atoms with E-state index in [-0.39, 0.29) is 6.04 Å². The molecular formula is C17H17N3O. The molecule has 4 nitrogen and oxygen atoms in total. The molecule has 0 fully saturated rings. The molecule has 0 aliphatic carbocycles. The highest BCUT2D eigenvalue weighted by Crippen LogP contribution is 2.36. The Morgan fingerprint density at radius 1 is 1.33 bits per heavy atom. The first-order valence-electron chi connectivity index (χ1n) is 6.97. The normalized spacial score (nSPS) is 17.9. The van der Waals surface area contributed by atoms with E-state index < -0.39 is 0 Å². The SMILES string of the molecule is COc1ncc2c(c1C#N)CCN(C)C2c1ccccc1. The summed E-state index contributed by atoms with van der Waals surface area (Å²) in [5, 5.41) is 9.44. The minimum Gasteiger partial charge on any atom is -0.480 e. The maximum Gasteiger partial charge on any atom is 0.231 e. The summed E-state index contributed by atoms with van der Waals surface area (Å²) in [7, 11) is 3.66. The van der Waals surface area contributed by atoms with Crippen molar-refractivity contribution in [2.45, 2.75) is 12.5 Å². The smallest absolute Gasteiger partial charge is 0.231 e. The number of nitriles is 1. The maximum atomic E-state index is 9.44. The predicted molar refractivity (Wildman–Crippen MR) is 80.1 cm³/mol. The van der Waals surface area contributed by atoms with E-state index >= 15 is 0 Å². The van der Waals surface area contributed by atoms with Crippen LogP contribution in [0.1, 0.15) is 28.3 Å². The zero-order chi connectivity index (χ0) is 14.8. The molecule has 21 heavy (non-hydrogen) atoms.